The third-order valence-electron chi connectivity index (χ3n) is 14.8. The van der Waals surface area contributed by atoms with Gasteiger partial charge in [-0.25, -0.2) is 0 Å². The lowest BCUT2D eigenvalue weighted by molar-refractivity contribution is -0.167. The molecule has 0 aromatic carbocycles. The lowest BCUT2D eigenvalue weighted by atomic mass is 10.0. The van der Waals surface area contributed by atoms with Crippen molar-refractivity contribution in [1.29, 1.82) is 0 Å². The quantitative estimate of drug-likeness (QED) is 0.0261. The highest BCUT2D eigenvalue weighted by molar-refractivity contribution is 5.71. The molecule has 6 nitrogen and oxygen atoms in total. The summed E-state index contributed by atoms with van der Waals surface area (Å²) in [4.78, 5) is 38.4. The largest absolute Gasteiger partial charge is 0.462 e. The van der Waals surface area contributed by atoms with Gasteiger partial charge in [-0.1, -0.05) is 307 Å². The smallest absolute Gasteiger partial charge is 0.306 e. The third-order valence-corrected chi connectivity index (χ3v) is 14.8. The molecular weight excluding hydrogens is 925 g/mol. The van der Waals surface area contributed by atoms with Crippen LogP contribution in [0.25, 0.3) is 0 Å². The van der Waals surface area contributed by atoms with Gasteiger partial charge >= 0.3 is 17.9 Å². The van der Waals surface area contributed by atoms with Crippen LogP contribution in [0.4, 0.5) is 0 Å². The highest BCUT2D eigenvalue weighted by Crippen LogP contribution is 2.18. The first-order valence-corrected chi connectivity index (χ1v) is 33.1. The van der Waals surface area contributed by atoms with Gasteiger partial charge in [0.15, 0.2) is 6.10 Å². The molecule has 0 aromatic heterocycles. The zero-order valence-electron chi connectivity index (χ0n) is 50.3. The van der Waals surface area contributed by atoms with Crippen LogP contribution in [0.3, 0.4) is 0 Å². The molecule has 0 fully saturated rings. The van der Waals surface area contributed by atoms with Crippen molar-refractivity contribution in [2.45, 2.75) is 361 Å². The molecule has 1 atom stereocenters. The number of allylic oxidation sites excluding steroid dienone is 8. The highest BCUT2D eigenvalue weighted by atomic mass is 16.6. The van der Waals surface area contributed by atoms with E-state index < -0.39 is 6.10 Å². The molecule has 0 saturated carbocycles. The summed E-state index contributed by atoms with van der Waals surface area (Å²) < 4.78 is 17.0. The molecule has 438 valence electrons. The summed E-state index contributed by atoms with van der Waals surface area (Å²) in [5.41, 5.74) is 0. The summed E-state index contributed by atoms with van der Waals surface area (Å²) in [6, 6.07) is 0. The SMILES string of the molecule is CC/C=C\C/C=C\C/C=C\CCCCCCCC(=O)OC[C@H](COC(=O)CCCCCCCCCCCCC/C=C\CCCCCCCC)OC(=O)CCCCCCCCCCCCCCCCCCCCCCC. The lowest BCUT2D eigenvalue weighted by Crippen LogP contribution is -2.30. The maximum Gasteiger partial charge on any atom is 0.306 e. The van der Waals surface area contributed by atoms with Crippen LogP contribution in [0.2, 0.25) is 0 Å². The minimum absolute atomic E-state index is 0.0752. The number of carbonyl (C=O) groups is 3. The van der Waals surface area contributed by atoms with E-state index in [2.05, 4.69) is 69.4 Å². The summed E-state index contributed by atoms with van der Waals surface area (Å²) in [5.74, 6) is -0.870. The van der Waals surface area contributed by atoms with E-state index in [1.54, 1.807) is 0 Å². The van der Waals surface area contributed by atoms with Gasteiger partial charge < -0.3 is 14.2 Å². The molecule has 75 heavy (non-hydrogen) atoms. The number of ether oxygens (including phenoxy) is 3. The first kappa shape index (κ1) is 72.4. The molecule has 0 aliphatic carbocycles. The van der Waals surface area contributed by atoms with E-state index in [1.165, 1.54) is 218 Å². The first-order valence-electron chi connectivity index (χ1n) is 33.1. The van der Waals surface area contributed by atoms with Gasteiger partial charge in [0, 0.05) is 19.3 Å². The van der Waals surface area contributed by atoms with Crippen LogP contribution < -0.4 is 0 Å². The second-order valence-corrected chi connectivity index (χ2v) is 22.4. The van der Waals surface area contributed by atoms with Crippen LogP contribution in [-0.2, 0) is 28.6 Å². The topological polar surface area (TPSA) is 78.9 Å². The van der Waals surface area contributed by atoms with Gasteiger partial charge in [0.25, 0.3) is 0 Å². The maximum atomic E-state index is 12.9. The fraction of sp³-hybridized carbons (Fsp3) is 0.841. The Labute approximate surface area is 467 Å². The van der Waals surface area contributed by atoms with Crippen LogP contribution in [0.5, 0.6) is 0 Å². The standard InChI is InChI=1S/C69H126O6/c1-4-7-10-13-16-19-22-25-28-30-32-34-36-38-41-44-47-50-53-56-59-62-68(71)74-65-66(64-73-67(70)61-58-55-52-49-46-43-40-27-24-21-18-15-12-9-6-3)75-69(72)63-60-57-54-51-48-45-42-39-37-35-33-31-29-26-23-20-17-14-11-8-5-2/h9,12,18,21,25,27-28,40,66H,4-8,10-11,13-17,19-20,22-24,26,29-39,41-65H2,1-3H3/b12-9-,21-18-,28-25-,40-27-/t66-/m1/s1. The fourth-order valence-electron chi connectivity index (χ4n) is 9.87. The zero-order valence-corrected chi connectivity index (χ0v) is 50.3. The van der Waals surface area contributed by atoms with Gasteiger partial charge in [-0.05, 0) is 77.0 Å². The van der Waals surface area contributed by atoms with E-state index in [4.69, 9.17) is 14.2 Å². The summed E-state index contributed by atoms with van der Waals surface area (Å²) in [5, 5.41) is 0. The minimum Gasteiger partial charge on any atom is -0.462 e. The Kier molecular flexibility index (Phi) is 61.7. The highest BCUT2D eigenvalue weighted by Gasteiger charge is 2.19. The number of unbranched alkanes of at least 4 members (excludes halogenated alkanes) is 42. The lowest BCUT2D eigenvalue weighted by Gasteiger charge is -2.18. The second-order valence-electron chi connectivity index (χ2n) is 22.4. The molecule has 0 saturated heterocycles. The Morgan fingerprint density at radius 2 is 0.520 bits per heavy atom. The molecule has 0 radical (unpaired) electrons. The molecule has 0 N–H and O–H groups in total. The minimum atomic E-state index is -0.779. The number of rotatable bonds is 61. The summed E-state index contributed by atoms with van der Waals surface area (Å²) >= 11 is 0. The first-order chi connectivity index (χ1) is 37.0. The van der Waals surface area contributed by atoms with E-state index >= 15 is 0 Å². The van der Waals surface area contributed by atoms with Crippen molar-refractivity contribution in [3.05, 3.63) is 48.6 Å². The predicted octanol–water partition coefficient (Wildman–Crippen LogP) is 22.6. The van der Waals surface area contributed by atoms with Crippen LogP contribution in [0, 0.1) is 0 Å². The Morgan fingerprint density at radius 3 is 0.827 bits per heavy atom. The van der Waals surface area contributed by atoms with Gasteiger partial charge in [0.1, 0.15) is 13.2 Å². The van der Waals surface area contributed by atoms with Crippen molar-refractivity contribution < 1.29 is 28.6 Å². The van der Waals surface area contributed by atoms with E-state index in [-0.39, 0.29) is 31.1 Å². The molecular formula is C69H126O6. The monoisotopic (exact) mass is 1050 g/mol. The predicted molar refractivity (Wildman–Crippen MR) is 325 cm³/mol. The second kappa shape index (κ2) is 63.9. The van der Waals surface area contributed by atoms with Gasteiger partial charge in [-0.15, -0.1) is 0 Å². The molecule has 0 amide bonds. The third kappa shape index (κ3) is 62.1. The molecule has 0 aliphatic rings. The van der Waals surface area contributed by atoms with Crippen molar-refractivity contribution in [1.82, 2.24) is 0 Å². The van der Waals surface area contributed by atoms with E-state index in [9.17, 15) is 14.4 Å². The van der Waals surface area contributed by atoms with Crippen LogP contribution >= 0.6 is 0 Å². The van der Waals surface area contributed by atoms with Gasteiger partial charge in [-0.3, -0.25) is 14.4 Å². The fourth-order valence-corrected chi connectivity index (χ4v) is 9.87. The average molecular weight is 1050 g/mol. The number of carbonyl (C=O) groups excluding carboxylic acids is 3. The maximum absolute atomic E-state index is 12.9. The van der Waals surface area contributed by atoms with E-state index in [0.29, 0.717) is 19.3 Å². The summed E-state index contributed by atoms with van der Waals surface area (Å²) in [6.45, 7) is 6.57. The Hall–Kier alpha value is -2.63. The molecule has 0 unspecified atom stereocenters. The molecule has 6 heteroatoms. The Bertz CT molecular complexity index is 1300. The number of hydrogen-bond donors (Lipinski definition) is 0. The van der Waals surface area contributed by atoms with Crippen LogP contribution in [0.1, 0.15) is 355 Å². The van der Waals surface area contributed by atoms with Gasteiger partial charge in [0.2, 0.25) is 0 Å². The molecule has 0 rings (SSSR count). The number of esters is 3. The molecule has 0 aromatic rings. The van der Waals surface area contributed by atoms with E-state index in [1.807, 2.05) is 0 Å². The van der Waals surface area contributed by atoms with Crippen molar-refractivity contribution >= 4 is 17.9 Å². The van der Waals surface area contributed by atoms with Gasteiger partial charge in [0.05, 0.1) is 0 Å². The molecule has 0 spiro atoms. The molecule has 0 aliphatic heterocycles. The average Bonchev–Trinajstić information content (AvgIpc) is 3.41. The van der Waals surface area contributed by atoms with E-state index in [0.717, 1.165) is 96.3 Å². The van der Waals surface area contributed by atoms with Crippen molar-refractivity contribution in [2.75, 3.05) is 13.2 Å². The molecule has 0 bridgehead atoms. The zero-order chi connectivity index (χ0) is 54.3. The number of hydrogen-bond acceptors (Lipinski definition) is 6. The van der Waals surface area contributed by atoms with Gasteiger partial charge in [-0.2, -0.15) is 0 Å². The summed E-state index contributed by atoms with van der Waals surface area (Å²) in [6.07, 6.45) is 79.8. The normalized spacial score (nSPS) is 12.3. The van der Waals surface area contributed by atoms with Crippen LogP contribution in [0.15, 0.2) is 48.6 Å². The van der Waals surface area contributed by atoms with Crippen molar-refractivity contribution in [3.8, 4) is 0 Å². The van der Waals surface area contributed by atoms with Crippen LogP contribution in [-0.4, -0.2) is 37.2 Å². The van der Waals surface area contributed by atoms with Crippen molar-refractivity contribution in [2.24, 2.45) is 0 Å². The van der Waals surface area contributed by atoms with Crippen molar-refractivity contribution in [3.63, 3.8) is 0 Å². The summed E-state index contributed by atoms with van der Waals surface area (Å²) in [7, 11) is 0. The molecule has 0 heterocycles. The Morgan fingerprint density at radius 1 is 0.280 bits per heavy atom. The Balaban J connectivity index is 4.31.